The largest absolute Gasteiger partial charge is 0.316 e. The van der Waals surface area contributed by atoms with Crippen LogP contribution >= 0.6 is 11.6 Å². The molecule has 94 valence electrons. The Morgan fingerprint density at radius 3 is 2.53 bits per heavy atom. The van der Waals surface area contributed by atoms with Crippen LogP contribution in [0.25, 0.3) is 0 Å². The van der Waals surface area contributed by atoms with Crippen molar-refractivity contribution >= 4 is 11.6 Å². The van der Waals surface area contributed by atoms with Crippen LogP contribution in [0, 0.1) is 11.8 Å². The first-order chi connectivity index (χ1) is 8.18. The van der Waals surface area contributed by atoms with Crippen molar-refractivity contribution in [2.45, 2.75) is 32.6 Å². The molecule has 1 fully saturated rings. The van der Waals surface area contributed by atoms with Crippen LogP contribution in [0.4, 0.5) is 0 Å². The van der Waals surface area contributed by atoms with Crippen molar-refractivity contribution in [2.24, 2.45) is 11.8 Å². The Hall–Kier alpha value is -0.530. The van der Waals surface area contributed by atoms with Gasteiger partial charge in [-0.05, 0) is 42.9 Å². The van der Waals surface area contributed by atoms with Crippen molar-refractivity contribution < 1.29 is 0 Å². The lowest BCUT2D eigenvalue weighted by molar-refractivity contribution is 0.491. The Kier molecular flexibility index (Phi) is 4.47. The van der Waals surface area contributed by atoms with Crippen molar-refractivity contribution in [1.82, 2.24) is 5.32 Å². The fourth-order valence-corrected chi connectivity index (χ4v) is 2.61. The molecular weight excluding hydrogens is 230 g/mol. The molecule has 1 atom stereocenters. The molecule has 0 saturated heterocycles. The van der Waals surface area contributed by atoms with Gasteiger partial charge < -0.3 is 5.32 Å². The summed E-state index contributed by atoms with van der Waals surface area (Å²) in [4.78, 5) is 0. The van der Waals surface area contributed by atoms with E-state index >= 15 is 0 Å². The molecule has 2 heteroatoms. The zero-order valence-corrected chi connectivity index (χ0v) is 11.5. The highest BCUT2D eigenvalue weighted by molar-refractivity contribution is 6.31. The first kappa shape index (κ1) is 12.9. The average molecular weight is 252 g/mol. The van der Waals surface area contributed by atoms with Crippen LogP contribution in [-0.2, 0) is 0 Å². The van der Waals surface area contributed by atoms with Crippen molar-refractivity contribution in [3.05, 3.63) is 34.9 Å². The molecule has 1 N–H and O–H groups in total. The molecular formula is C15H22ClN. The van der Waals surface area contributed by atoms with Crippen LogP contribution in [0.1, 0.15) is 38.2 Å². The van der Waals surface area contributed by atoms with Gasteiger partial charge in [0.1, 0.15) is 0 Å². The van der Waals surface area contributed by atoms with Gasteiger partial charge in [0.25, 0.3) is 0 Å². The maximum Gasteiger partial charge on any atom is 0.0441 e. The van der Waals surface area contributed by atoms with E-state index in [0.29, 0.717) is 11.8 Å². The van der Waals surface area contributed by atoms with E-state index in [0.717, 1.165) is 24.0 Å². The number of nitrogens with one attached hydrogen (secondary N) is 1. The predicted molar refractivity (Wildman–Crippen MR) is 74.6 cm³/mol. The van der Waals surface area contributed by atoms with Gasteiger partial charge in [0.05, 0.1) is 0 Å². The number of rotatable bonds is 6. The first-order valence-corrected chi connectivity index (χ1v) is 7.01. The van der Waals surface area contributed by atoms with Gasteiger partial charge in [-0.2, -0.15) is 0 Å². The fourth-order valence-electron chi connectivity index (χ4n) is 2.33. The monoisotopic (exact) mass is 251 g/mol. The Morgan fingerprint density at radius 1 is 1.24 bits per heavy atom. The number of hydrogen-bond acceptors (Lipinski definition) is 1. The molecule has 1 saturated carbocycles. The Morgan fingerprint density at radius 2 is 1.94 bits per heavy atom. The van der Waals surface area contributed by atoms with Gasteiger partial charge in [0, 0.05) is 17.5 Å². The molecule has 0 aromatic heterocycles. The van der Waals surface area contributed by atoms with E-state index in [-0.39, 0.29) is 0 Å². The molecule has 1 aromatic rings. The Balaban J connectivity index is 2.00. The molecule has 0 amide bonds. The smallest absolute Gasteiger partial charge is 0.0441 e. The molecule has 0 spiro atoms. The summed E-state index contributed by atoms with van der Waals surface area (Å²) < 4.78 is 0. The van der Waals surface area contributed by atoms with E-state index < -0.39 is 0 Å². The van der Waals surface area contributed by atoms with Crippen molar-refractivity contribution in [1.29, 1.82) is 0 Å². The van der Waals surface area contributed by atoms with Crippen LogP contribution in [-0.4, -0.2) is 13.1 Å². The van der Waals surface area contributed by atoms with E-state index in [1.54, 1.807) is 0 Å². The van der Waals surface area contributed by atoms with E-state index in [9.17, 15) is 0 Å². The highest BCUT2D eigenvalue weighted by Crippen LogP contribution is 2.44. The highest BCUT2D eigenvalue weighted by atomic mass is 35.5. The summed E-state index contributed by atoms with van der Waals surface area (Å²) in [6.07, 6.45) is 2.72. The standard InChI is InChI=1S/C15H22ClN/c1-11(2)9-17-10-14(12-7-8-12)13-5-3-4-6-15(13)16/h3-6,11-12,14,17H,7-10H2,1-2H3. The second kappa shape index (κ2) is 5.88. The van der Waals surface area contributed by atoms with E-state index in [1.165, 1.54) is 18.4 Å². The summed E-state index contributed by atoms with van der Waals surface area (Å²) in [5.74, 6) is 2.15. The molecule has 1 unspecified atom stereocenters. The van der Waals surface area contributed by atoms with Crippen LogP contribution < -0.4 is 5.32 Å². The second-order valence-electron chi connectivity index (χ2n) is 5.52. The molecule has 17 heavy (non-hydrogen) atoms. The minimum Gasteiger partial charge on any atom is -0.316 e. The van der Waals surface area contributed by atoms with Crippen LogP contribution in [0.2, 0.25) is 5.02 Å². The summed E-state index contributed by atoms with van der Waals surface area (Å²) in [7, 11) is 0. The van der Waals surface area contributed by atoms with Crippen molar-refractivity contribution in [3.8, 4) is 0 Å². The number of halogens is 1. The van der Waals surface area contributed by atoms with E-state index in [4.69, 9.17) is 11.6 Å². The molecule has 0 aliphatic heterocycles. The van der Waals surface area contributed by atoms with Crippen molar-refractivity contribution in [2.75, 3.05) is 13.1 Å². The van der Waals surface area contributed by atoms with Gasteiger partial charge in [-0.15, -0.1) is 0 Å². The second-order valence-corrected chi connectivity index (χ2v) is 5.92. The highest BCUT2D eigenvalue weighted by Gasteiger charge is 2.32. The number of hydrogen-bond donors (Lipinski definition) is 1. The van der Waals surface area contributed by atoms with Gasteiger partial charge in [-0.3, -0.25) is 0 Å². The summed E-state index contributed by atoms with van der Waals surface area (Å²) in [5, 5.41) is 4.50. The lowest BCUT2D eigenvalue weighted by Gasteiger charge is -2.19. The molecule has 1 aliphatic rings. The first-order valence-electron chi connectivity index (χ1n) is 6.63. The maximum absolute atomic E-state index is 6.30. The quantitative estimate of drug-likeness (QED) is 0.803. The van der Waals surface area contributed by atoms with E-state index in [1.807, 2.05) is 12.1 Å². The SMILES string of the molecule is CC(C)CNCC(c1ccccc1Cl)C1CC1. The van der Waals surface area contributed by atoms with Gasteiger partial charge in [0.2, 0.25) is 0 Å². The summed E-state index contributed by atoms with van der Waals surface area (Å²) >= 11 is 6.30. The van der Waals surface area contributed by atoms with Crippen LogP contribution in [0.5, 0.6) is 0 Å². The summed E-state index contributed by atoms with van der Waals surface area (Å²) in [5.41, 5.74) is 1.33. The van der Waals surface area contributed by atoms with Gasteiger partial charge in [-0.1, -0.05) is 43.6 Å². The summed E-state index contributed by atoms with van der Waals surface area (Å²) in [6.45, 7) is 6.64. The molecule has 1 nitrogen and oxygen atoms in total. The molecule has 2 rings (SSSR count). The van der Waals surface area contributed by atoms with Crippen LogP contribution in [0.15, 0.2) is 24.3 Å². The average Bonchev–Trinajstić information content (AvgIpc) is 3.09. The third-order valence-corrected chi connectivity index (χ3v) is 3.76. The topological polar surface area (TPSA) is 12.0 Å². The lowest BCUT2D eigenvalue weighted by atomic mass is 9.94. The number of benzene rings is 1. The molecule has 1 aliphatic carbocycles. The Bertz CT molecular complexity index is 358. The third-order valence-electron chi connectivity index (χ3n) is 3.41. The third kappa shape index (κ3) is 3.72. The molecule has 0 bridgehead atoms. The van der Waals surface area contributed by atoms with Gasteiger partial charge in [-0.25, -0.2) is 0 Å². The van der Waals surface area contributed by atoms with Gasteiger partial charge >= 0.3 is 0 Å². The zero-order valence-electron chi connectivity index (χ0n) is 10.7. The minimum absolute atomic E-state index is 0.599. The Labute approximate surface area is 110 Å². The molecule has 1 aromatic carbocycles. The molecule has 0 radical (unpaired) electrons. The zero-order chi connectivity index (χ0) is 12.3. The molecule has 0 heterocycles. The van der Waals surface area contributed by atoms with Crippen molar-refractivity contribution in [3.63, 3.8) is 0 Å². The fraction of sp³-hybridized carbons (Fsp3) is 0.600. The predicted octanol–water partition coefficient (Wildman–Crippen LogP) is 4.08. The van der Waals surface area contributed by atoms with E-state index in [2.05, 4.69) is 31.3 Å². The lowest BCUT2D eigenvalue weighted by Crippen LogP contribution is -2.26. The normalized spacial score (nSPS) is 17.4. The minimum atomic E-state index is 0.599. The maximum atomic E-state index is 6.30. The van der Waals surface area contributed by atoms with Crippen LogP contribution in [0.3, 0.4) is 0 Å². The van der Waals surface area contributed by atoms with Gasteiger partial charge in [0.15, 0.2) is 0 Å². The summed E-state index contributed by atoms with van der Waals surface area (Å²) in [6, 6.07) is 8.30.